The van der Waals surface area contributed by atoms with E-state index in [1.165, 1.54) is 0 Å². The van der Waals surface area contributed by atoms with Crippen LogP contribution in [0.1, 0.15) is 74.0 Å². The molecule has 1 aromatic rings. The van der Waals surface area contributed by atoms with E-state index in [4.69, 9.17) is 4.74 Å². The van der Waals surface area contributed by atoms with Gasteiger partial charge >= 0.3 is 0 Å². The summed E-state index contributed by atoms with van der Waals surface area (Å²) in [5, 5.41) is 11.3. The van der Waals surface area contributed by atoms with Gasteiger partial charge in [0.1, 0.15) is 6.10 Å². The number of rotatable bonds is 1. The summed E-state index contributed by atoms with van der Waals surface area (Å²) in [6, 6.07) is 10.0. The van der Waals surface area contributed by atoms with E-state index < -0.39 is 5.60 Å². The molecule has 0 aromatic heterocycles. The van der Waals surface area contributed by atoms with Crippen LogP contribution in [0.25, 0.3) is 0 Å². The molecule has 0 saturated carbocycles. The largest absolute Gasteiger partial charge is 0.387 e. The molecule has 1 heterocycles. The monoisotopic (exact) mass is 306 g/mol. The highest BCUT2D eigenvalue weighted by molar-refractivity contribution is 5.25. The third-order valence-electron chi connectivity index (χ3n) is 6.36. The third-order valence-corrected chi connectivity index (χ3v) is 6.36. The number of ether oxygens (including phenoxy) is 1. The minimum absolute atomic E-state index is 0.158. The van der Waals surface area contributed by atoms with Gasteiger partial charge in [-0.15, -0.1) is 0 Å². The first kappa shape index (κ1) is 19.2. The highest BCUT2D eigenvalue weighted by Gasteiger charge is 2.64. The highest BCUT2D eigenvalue weighted by atomic mass is 16.5. The van der Waals surface area contributed by atoms with Crippen molar-refractivity contribution in [1.29, 1.82) is 0 Å². The first-order valence-corrected chi connectivity index (χ1v) is 8.40. The molecule has 0 radical (unpaired) electrons. The molecular weight excluding hydrogens is 272 g/mol. The van der Waals surface area contributed by atoms with E-state index in [1.807, 2.05) is 51.1 Å². The van der Waals surface area contributed by atoms with Gasteiger partial charge < -0.3 is 9.84 Å². The normalized spacial score (nSPS) is 31.8. The lowest BCUT2D eigenvalue weighted by Gasteiger charge is -2.64. The van der Waals surface area contributed by atoms with E-state index in [0.717, 1.165) is 5.56 Å². The van der Waals surface area contributed by atoms with Crippen LogP contribution < -0.4 is 0 Å². The van der Waals surface area contributed by atoms with Gasteiger partial charge in [0.2, 0.25) is 0 Å². The second kappa shape index (κ2) is 5.98. The van der Waals surface area contributed by atoms with E-state index in [0.29, 0.717) is 0 Å². The molecule has 1 fully saturated rings. The van der Waals surface area contributed by atoms with Gasteiger partial charge in [-0.2, -0.15) is 0 Å². The number of benzene rings is 1. The first-order valence-electron chi connectivity index (χ1n) is 8.40. The second-order valence-electron chi connectivity index (χ2n) is 7.82. The molecule has 2 heteroatoms. The van der Waals surface area contributed by atoms with Crippen LogP contribution in [-0.2, 0) is 4.74 Å². The van der Waals surface area contributed by atoms with Crippen molar-refractivity contribution in [2.75, 3.05) is 0 Å². The Bertz CT molecular complexity index is 484. The lowest BCUT2D eigenvalue weighted by Crippen LogP contribution is -2.67. The van der Waals surface area contributed by atoms with E-state index >= 15 is 0 Å². The van der Waals surface area contributed by atoms with Gasteiger partial charge in [0.25, 0.3) is 0 Å². The Hall–Kier alpha value is -0.860. The van der Waals surface area contributed by atoms with Crippen LogP contribution in [0.3, 0.4) is 0 Å². The van der Waals surface area contributed by atoms with E-state index in [-0.39, 0.29) is 22.5 Å². The lowest BCUT2D eigenvalue weighted by molar-refractivity contribution is -0.319. The molecule has 0 aliphatic carbocycles. The fourth-order valence-electron chi connectivity index (χ4n) is 3.29. The minimum Gasteiger partial charge on any atom is -0.387 e. The molecule has 22 heavy (non-hydrogen) atoms. The van der Waals surface area contributed by atoms with Crippen molar-refractivity contribution in [2.24, 2.45) is 10.8 Å². The van der Waals surface area contributed by atoms with Crippen molar-refractivity contribution >= 4 is 0 Å². The van der Waals surface area contributed by atoms with Crippen molar-refractivity contribution in [3.8, 4) is 0 Å². The van der Waals surface area contributed by atoms with E-state index in [1.54, 1.807) is 0 Å². The van der Waals surface area contributed by atoms with Crippen molar-refractivity contribution < 1.29 is 9.84 Å². The summed E-state index contributed by atoms with van der Waals surface area (Å²) in [4.78, 5) is 0. The van der Waals surface area contributed by atoms with Gasteiger partial charge in [-0.05, 0) is 26.3 Å². The minimum atomic E-state index is -0.937. The lowest BCUT2D eigenvalue weighted by atomic mass is 9.50. The molecule has 1 saturated heterocycles. The van der Waals surface area contributed by atoms with Crippen molar-refractivity contribution in [2.45, 2.75) is 79.6 Å². The highest BCUT2D eigenvalue weighted by Crippen LogP contribution is 2.62. The Labute approximate surface area is 136 Å². The smallest absolute Gasteiger partial charge is 0.112 e. The van der Waals surface area contributed by atoms with Crippen LogP contribution in [0.5, 0.6) is 0 Å². The summed E-state index contributed by atoms with van der Waals surface area (Å²) in [6.45, 7) is 18.8. The van der Waals surface area contributed by atoms with Crippen molar-refractivity contribution in [3.63, 3.8) is 0 Å². The average Bonchev–Trinajstić information content (AvgIpc) is 2.46. The maximum Gasteiger partial charge on any atom is 0.112 e. The Morgan fingerprint density at radius 2 is 1.27 bits per heavy atom. The van der Waals surface area contributed by atoms with Crippen LogP contribution >= 0.6 is 0 Å². The van der Waals surface area contributed by atoms with Gasteiger partial charge in [0.15, 0.2) is 0 Å². The van der Waals surface area contributed by atoms with Crippen molar-refractivity contribution in [1.82, 2.24) is 0 Å². The van der Waals surface area contributed by atoms with Crippen LogP contribution in [0.4, 0.5) is 0 Å². The summed E-state index contributed by atoms with van der Waals surface area (Å²) in [6.07, 6.45) is -0.318. The molecule has 2 nitrogen and oxygen atoms in total. The molecule has 0 spiro atoms. The zero-order valence-electron chi connectivity index (χ0n) is 15.8. The third kappa shape index (κ3) is 2.61. The fourth-order valence-corrected chi connectivity index (χ4v) is 3.29. The maximum atomic E-state index is 11.3. The zero-order chi connectivity index (χ0) is 17.4. The summed E-state index contributed by atoms with van der Waals surface area (Å²) >= 11 is 0. The summed E-state index contributed by atoms with van der Waals surface area (Å²) in [5.41, 5.74) is -0.668. The fraction of sp³-hybridized carbons (Fsp3) is 0.700. The van der Waals surface area contributed by atoms with Crippen LogP contribution in [0.2, 0.25) is 0 Å². The van der Waals surface area contributed by atoms with E-state index in [9.17, 15) is 5.11 Å². The van der Waals surface area contributed by atoms with Gasteiger partial charge in [0, 0.05) is 10.8 Å². The summed E-state index contributed by atoms with van der Waals surface area (Å²) in [5.74, 6) is 0. The zero-order valence-corrected chi connectivity index (χ0v) is 15.8. The molecular formula is C20H34O2. The van der Waals surface area contributed by atoms with Gasteiger partial charge in [0.05, 0.1) is 11.2 Å². The summed E-state index contributed by atoms with van der Waals surface area (Å²) in [7, 11) is 0. The van der Waals surface area contributed by atoms with Crippen LogP contribution in [-0.4, -0.2) is 16.3 Å². The van der Waals surface area contributed by atoms with Crippen LogP contribution in [0.15, 0.2) is 30.3 Å². The quantitative estimate of drug-likeness (QED) is 0.756. The molecule has 1 aromatic carbocycles. The SMILES string of the molecule is CC.CC1(C)OC(c2ccccc2)C(C)(O)C(C)(C)C1(C)C. The van der Waals surface area contributed by atoms with Crippen LogP contribution in [0, 0.1) is 10.8 Å². The number of hydrogen-bond acceptors (Lipinski definition) is 2. The molecule has 1 N–H and O–H groups in total. The molecule has 1 aliphatic heterocycles. The molecule has 2 atom stereocenters. The predicted octanol–water partition coefficient (Wildman–Crippen LogP) is 5.37. The van der Waals surface area contributed by atoms with E-state index in [2.05, 4.69) is 41.5 Å². The Balaban J connectivity index is 0.00000116. The van der Waals surface area contributed by atoms with Gasteiger partial charge in [-0.25, -0.2) is 0 Å². The summed E-state index contributed by atoms with van der Waals surface area (Å²) < 4.78 is 6.38. The van der Waals surface area contributed by atoms with Gasteiger partial charge in [-0.1, -0.05) is 71.9 Å². The second-order valence-corrected chi connectivity index (χ2v) is 7.82. The topological polar surface area (TPSA) is 29.5 Å². The molecule has 0 bridgehead atoms. The number of hydrogen-bond donors (Lipinski definition) is 1. The first-order chi connectivity index (χ1) is 9.95. The molecule has 0 amide bonds. The Morgan fingerprint density at radius 1 is 0.818 bits per heavy atom. The van der Waals surface area contributed by atoms with Crippen molar-refractivity contribution in [3.05, 3.63) is 35.9 Å². The molecule has 2 unspecified atom stereocenters. The van der Waals surface area contributed by atoms with Gasteiger partial charge in [-0.3, -0.25) is 0 Å². The molecule has 1 aliphatic rings. The Kier molecular flexibility index (Phi) is 5.21. The number of aliphatic hydroxyl groups is 1. The maximum absolute atomic E-state index is 11.3. The predicted molar refractivity (Wildman–Crippen MR) is 93.9 cm³/mol. The average molecular weight is 306 g/mol. The molecule has 2 rings (SSSR count). The molecule has 126 valence electrons. The standard InChI is InChI=1S/C18H28O2.C2H6/c1-15(2)16(3,4)18(7,19)14(20-17(15,5)6)13-11-9-8-10-12-13;1-2/h8-12,14,19H,1-7H3;1-2H3. The Morgan fingerprint density at radius 3 is 1.73 bits per heavy atom.